The second kappa shape index (κ2) is 7.07. The van der Waals surface area contributed by atoms with Crippen LogP contribution in [0.3, 0.4) is 0 Å². The molecule has 0 aliphatic carbocycles. The van der Waals surface area contributed by atoms with Crippen molar-refractivity contribution >= 4 is 12.4 Å². The first-order chi connectivity index (χ1) is 7.84. The molecule has 0 amide bonds. The summed E-state index contributed by atoms with van der Waals surface area (Å²) in [5.41, 5.74) is 7.98. The topological polar surface area (TPSA) is 29.3 Å². The minimum atomic E-state index is -0.169. The highest BCUT2D eigenvalue weighted by Crippen LogP contribution is 2.17. The van der Waals surface area contributed by atoms with Gasteiger partial charge in [-0.2, -0.15) is 0 Å². The maximum atomic E-state index is 13.2. The number of hydrogen-bond donors (Lipinski definition) is 1. The zero-order valence-electron chi connectivity index (χ0n) is 11.7. The Bertz CT molecular complexity index is 380. The highest BCUT2D eigenvalue weighted by atomic mass is 35.5. The molecule has 0 fully saturated rings. The molecule has 1 aromatic rings. The maximum absolute atomic E-state index is 13.2. The second-order valence-electron chi connectivity index (χ2n) is 5.61. The highest BCUT2D eigenvalue weighted by molar-refractivity contribution is 5.85. The van der Waals surface area contributed by atoms with Crippen molar-refractivity contribution < 1.29 is 4.39 Å². The summed E-state index contributed by atoms with van der Waals surface area (Å²) in [6.45, 7) is 8.60. The lowest BCUT2D eigenvalue weighted by Crippen LogP contribution is -2.36. The molecule has 0 bridgehead atoms. The number of nitrogens with two attached hydrogens (primary N) is 1. The molecule has 2 N–H and O–H groups in total. The molecule has 0 atom stereocenters. The van der Waals surface area contributed by atoms with Crippen LogP contribution in [0.25, 0.3) is 0 Å². The molecule has 18 heavy (non-hydrogen) atoms. The normalized spacial score (nSPS) is 11.5. The molecule has 0 saturated heterocycles. The molecule has 104 valence electrons. The predicted molar refractivity (Wildman–Crippen MR) is 77.6 cm³/mol. The highest BCUT2D eigenvalue weighted by Gasteiger charge is 2.18. The monoisotopic (exact) mass is 274 g/mol. The number of halogens is 2. The Morgan fingerprint density at radius 2 is 1.94 bits per heavy atom. The van der Waals surface area contributed by atoms with Crippen molar-refractivity contribution in [3.8, 4) is 0 Å². The average molecular weight is 275 g/mol. The van der Waals surface area contributed by atoms with Gasteiger partial charge in [-0.3, -0.25) is 0 Å². The van der Waals surface area contributed by atoms with E-state index in [1.807, 2.05) is 20.0 Å². The zero-order valence-corrected chi connectivity index (χ0v) is 12.5. The van der Waals surface area contributed by atoms with E-state index in [2.05, 4.69) is 18.7 Å². The molecule has 0 aliphatic heterocycles. The third kappa shape index (κ3) is 5.34. The predicted octanol–water partition coefficient (Wildman–Crippen LogP) is 2.97. The summed E-state index contributed by atoms with van der Waals surface area (Å²) in [7, 11) is 2.04. The van der Waals surface area contributed by atoms with Crippen LogP contribution in [0.5, 0.6) is 0 Å². The molecule has 0 saturated carbocycles. The van der Waals surface area contributed by atoms with E-state index in [-0.39, 0.29) is 23.6 Å². The number of aryl methyl sites for hydroxylation is 1. The zero-order chi connectivity index (χ0) is 13.1. The Hall–Kier alpha value is -0.640. The molecule has 0 unspecified atom stereocenters. The maximum Gasteiger partial charge on any atom is 0.123 e. The summed E-state index contributed by atoms with van der Waals surface area (Å²) >= 11 is 0. The van der Waals surface area contributed by atoms with E-state index in [9.17, 15) is 4.39 Å². The molecule has 0 radical (unpaired) electrons. The summed E-state index contributed by atoms with van der Waals surface area (Å²) in [4.78, 5) is 2.19. The van der Waals surface area contributed by atoms with E-state index in [0.717, 1.165) is 24.2 Å². The van der Waals surface area contributed by atoms with Gasteiger partial charge >= 0.3 is 0 Å². The van der Waals surface area contributed by atoms with Gasteiger partial charge in [0.1, 0.15) is 5.82 Å². The van der Waals surface area contributed by atoms with Crippen molar-refractivity contribution in [2.24, 2.45) is 11.1 Å². The summed E-state index contributed by atoms with van der Waals surface area (Å²) in [5, 5.41) is 0. The van der Waals surface area contributed by atoms with Gasteiger partial charge in [-0.1, -0.05) is 19.9 Å². The molecule has 0 aromatic heterocycles. The number of rotatable bonds is 5. The lowest BCUT2D eigenvalue weighted by atomic mass is 9.93. The van der Waals surface area contributed by atoms with Crippen LogP contribution in [0.1, 0.15) is 25.0 Å². The van der Waals surface area contributed by atoms with Gasteiger partial charge in [-0.15, -0.1) is 12.4 Å². The molecule has 0 heterocycles. The SMILES string of the molecule is Cc1ccc(F)cc1CN(C)CC(C)(C)CN.Cl. The summed E-state index contributed by atoms with van der Waals surface area (Å²) in [6.07, 6.45) is 0. The van der Waals surface area contributed by atoms with Crippen LogP contribution in [0.2, 0.25) is 0 Å². The van der Waals surface area contributed by atoms with Gasteiger partial charge in [0.15, 0.2) is 0 Å². The fourth-order valence-electron chi connectivity index (χ4n) is 1.95. The van der Waals surface area contributed by atoms with E-state index >= 15 is 0 Å². The van der Waals surface area contributed by atoms with Crippen LogP contribution in [0.15, 0.2) is 18.2 Å². The van der Waals surface area contributed by atoms with E-state index < -0.39 is 0 Å². The number of benzene rings is 1. The first-order valence-electron chi connectivity index (χ1n) is 5.98. The Morgan fingerprint density at radius 1 is 1.33 bits per heavy atom. The van der Waals surface area contributed by atoms with Crippen LogP contribution in [0.4, 0.5) is 4.39 Å². The van der Waals surface area contributed by atoms with Gasteiger partial charge in [-0.05, 0) is 49.2 Å². The lowest BCUT2D eigenvalue weighted by molar-refractivity contribution is 0.209. The van der Waals surface area contributed by atoms with Gasteiger partial charge in [0.25, 0.3) is 0 Å². The van der Waals surface area contributed by atoms with E-state index in [1.165, 1.54) is 6.07 Å². The van der Waals surface area contributed by atoms with E-state index in [1.54, 1.807) is 6.07 Å². The first-order valence-corrected chi connectivity index (χ1v) is 5.98. The lowest BCUT2D eigenvalue weighted by Gasteiger charge is -2.29. The largest absolute Gasteiger partial charge is 0.330 e. The average Bonchev–Trinajstić information content (AvgIpc) is 2.23. The molecular formula is C14H24ClFN2. The van der Waals surface area contributed by atoms with Crippen molar-refractivity contribution in [2.75, 3.05) is 20.1 Å². The molecular weight excluding hydrogens is 251 g/mol. The van der Waals surface area contributed by atoms with E-state index in [4.69, 9.17) is 5.73 Å². The van der Waals surface area contributed by atoms with Gasteiger partial charge in [0.2, 0.25) is 0 Å². The molecule has 4 heteroatoms. The Labute approximate surface area is 116 Å². The number of hydrogen-bond acceptors (Lipinski definition) is 2. The van der Waals surface area contributed by atoms with Crippen molar-refractivity contribution in [1.29, 1.82) is 0 Å². The first kappa shape index (κ1) is 17.4. The molecule has 1 aromatic carbocycles. The van der Waals surface area contributed by atoms with Crippen LogP contribution in [0, 0.1) is 18.2 Å². The van der Waals surface area contributed by atoms with Gasteiger partial charge in [-0.25, -0.2) is 4.39 Å². The summed E-state index contributed by atoms with van der Waals surface area (Å²) in [5.74, 6) is -0.169. The van der Waals surface area contributed by atoms with Gasteiger partial charge in [0, 0.05) is 13.1 Å². The van der Waals surface area contributed by atoms with Crippen LogP contribution in [-0.2, 0) is 6.54 Å². The van der Waals surface area contributed by atoms with Crippen molar-refractivity contribution in [1.82, 2.24) is 4.90 Å². The molecule has 2 nitrogen and oxygen atoms in total. The molecule has 0 aliphatic rings. The quantitative estimate of drug-likeness (QED) is 0.894. The Balaban J connectivity index is 0.00000289. The minimum absolute atomic E-state index is 0. The van der Waals surface area contributed by atoms with Gasteiger partial charge in [0.05, 0.1) is 0 Å². The fourth-order valence-corrected chi connectivity index (χ4v) is 1.95. The van der Waals surface area contributed by atoms with E-state index in [0.29, 0.717) is 6.54 Å². The Kier molecular flexibility index (Phi) is 6.82. The number of nitrogens with zero attached hydrogens (tertiary/aromatic N) is 1. The van der Waals surface area contributed by atoms with Crippen LogP contribution in [-0.4, -0.2) is 25.0 Å². The minimum Gasteiger partial charge on any atom is -0.330 e. The van der Waals surface area contributed by atoms with Crippen molar-refractivity contribution in [3.05, 3.63) is 35.1 Å². The van der Waals surface area contributed by atoms with Gasteiger partial charge < -0.3 is 10.6 Å². The summed E-state index contributed by atoms with van der Waals surface area (Å²) in [6, 6.07) is 4.94. The van der Waals surface area contributed by atoms with Crippen molar-refractivity contribution in [3.63, 3.8) is 0 Å². The van der Waals surface area contributed by atoms with Crippen LogP contribution < -0.4 is 5.73 Å². The Morgan fingerprint density at radius 3 is 2.50 bits per heavy atom. The van der Waals surface area contributed by atoms with Crippen LogP contribution >= 0.6 is 12.4 Å². The standard InChI is InChI=1S/C14H23FN2.ClH/c1-11-5-6-13(15)7-12(11)8-17(4)10-14(2,3)9-16;/h5-7H,8-10,16H2,1-4H3;1H. The summed E-state index contributed by atoms with van der Waals surface area (Å²) < 4.78 is 13.2. The smallest absolute Gasteiger partial charge is 0.123 e. The second-order valence-corrected chi connectivity index (χ2v) is 5.61. The van der Waals surface area contributed by atoms with Crippen molar-refractivity contribution in [2.45, 2.75) is 27.3 Å². The third-order valence-electron chi connectivity index (χ3n) is 3.00. The molecule has 1 rings (SSSR count). The fraction of sp³-hybridized carbons (Fsp3) is 0.571. The third-order valence-corrected chi connectivity index (χ3v) is 3.00. The molecule has 0 spiro atoms.